The molecule has 0 fully saturated rings. The fourth-order valence-electron chi connectivity index (χ4n) is 3.55. The maximum atomic E-state index is 13.4. The van der Waals surface area contributed by atoms with Crippen LogP contribution < -0.4 is 0 Å². The highest BCUT2D eigenvalue weighted by Crippen LogP contribution is 2.39. The molecule has 3 aromatic rings. The smallest absolute Gasteiger partial charge is 0.123 e. The summed E-state index contributed by atoms with van der Waals surface area (Å²) < 4.78 is 13.4. The number of benzene rings is 1. The van der Waals surface area contributed by atoms with Crippen LogP contribution in [0.1, 0.15) is 18.9 Å². The first kappa shape index (κ1) is 16.7. The summed E-state index contributed by atoms with van der Waals surface area (Å²) in [6, 6.07) is 11.2. The zero-order valence-electron chi connectivity index (χ0n) is 15.0. The quantitative estimate of drug-likeness (QED) is 0.724. The number of likely N-dealkylation sites (N-methyl/N-ethyl adjacent to an activating group) is 1. The van der Waals surface area contributed by atoms with Gasteiger partial charge in [0.2, 0.25) is 0 Å². The molecule has 0 aliphatic carbocycles. The molecule has 1 unspecified atom stereocenters. The number of halogens is 1. The average molecular weight is 347 g/mol. The van der Waals surface area contributed by atoms with Gasteiger partial charge in [0.15, 0.2) is 0 Å². The van der Waals surface area contributed by atoms with Gasteiger partial charge in [-0.15, -0.1) is 0 Å². The number of nitrogens with zero attached hydrogens (tertiary/aromatic N) is 2. The molecule has 1 atom stereocenters. The van der Waals surface area contributed by atoms with E-state index in [2.05, 4.69) is 41.1 Å². The van der Waals surface area contributed by atoms with Crippen molar-refractivity contribution in [3.8, 4) is 22.4 Å². The minimum atomic E-state index is -0.224. The molecule has 1 aromatic carbocycles. The van der Waals surface area contributed by atoms with Crippen LogP contribution in [0.3, 0.4) is 0 Å². The van der Waals surface area contributed by atoms with E-state index in [1.165, 1.54) is 23.3 Å². The monoisotopic (exact) mass is 347 g/mol. The van der Waals surface area contributed by atoms with Gasteiger partial charge in [0.1, 0.15) is 5.82 Å². The summed E-state index contributed by atoms with van der Waals surface area (Å²) in [5.74, 6) is -0.224. The van der Waals surface area contributed by atoms with Gasteiger partial charge in [-0.05, 0) is 73.5 Å². The molecule has 4 rings (SSSR count). The SMILES string of the molecule is CC1CC(c2c[nH]c(-c3ccc(F)cc3)c2-c2ccncc2)=CCN1C. The lowest BCUT2D eigenvalue weighted by Crippen LogP contribution is -2.32. The fraction of sp³-hybridized carbons (Fsp3) is 0.227. The van der Waals surface area contributed by atoms with Gasteiger partial charge in [0.05, 0.1) is 5.69 Å². The largest absolute Gasteiger partial charge is 0.360 e. The van der Waals surface area contributed by atoms with E-state index in [-0.39, 0.29) is 5.82 Å². The summed E-state index contributed by atoms with van der Waals surface area (Å²) in [5.41, 5.74) is 6.83. The van der Waals surface area contributed by atoms with Gasteiger partial charge >= 0.3 is 0 Å². The van der Waals surface area contributed by atoms with Crippen molar-refractivity contribution >= 4 is 5.57 Å². The van der Waals surface area contributed by atoms with E-state index in [1.807, 2.05) is 36.7 Å². The van der Waals surface area contributed by atoms with Crippen LogP contribution in [0, 0.1) is 5.82 Å². The summed E-state index contributed by atoms with van der Waals surface area (Å²) in [4.78, 5) is 9.94. The zero-order valence-corrected chi connectivity index (χ0v) is 15.0. The summed E-state index contributed by atoms with van der Waals surface area (Å²) in [6.45, 7) is 3.20. The van der Waals surface area contributed by atoms with Crippen molar-refractivity contribution in [1.29, 1.82) is 0 Å². The summed E-state index contributed by atoms with van der Waals surface area (Å²) in [7, 11) is 2.16. The van der Waals surface area contributed by atoms with Crippen LogP contribution in [0.2, 0.25) is 0 Å². The standard InChI is InChI=1S/C22H22FN3/c1-15-13-18(9-12-26(15)2)20-14-25-22(17-3-5-19(23)6-4-17)21(20)16-7-10-24-11-8-16/h3-11,14-15,25H,12-13H2,1-2H3. The number of aromatic amines is 1. The van der Waals surface area contributed by atoms with Crippen LogP contribution >= 0.6 is 0 Å². The van der Waals surface area contributed by atoms with Gasteiger partial charge in [0, 0.05) is 42.3 Å². The molecule has 4 heteroatoms. The highest BCUT2D eigenvalue weighted by atomic mass is 19.1. The molecule has 1 N–H and O–H groups in total. The molecular weight excluding hydrogens is 325 g/mol. The summed E-state index contributed by atoms with van der Waals surface area (Å²) in [6.07, 6.45) is 9.02. The molecule has 2 aromatic heterocycles. The molecule has 1 aliphatic heterocycles. The number of pyridine rings is 1. The lowest BCUT2D eigenvalue weighted by molar-refractivity contribution is 0.279. The minimum Gasteiger partial charge on any atom is -0.360 e. The molecule has 0 amide bonds. The van der Waals surface area contributed by atoms with Crippen molar-refractivity contribution in [3.05, 3.63) is 72.4 Å². The van der Waals surface area contributed by atoms with Crippen LogP contribution in [-0.2, 0) is 0 Å². The molecule has 3 nitrogen and oxygen atoms in total. The van der Waals surface area contributed by atoms with Gasteiger partial charge in [-0.1, -0.05) is 6.08 Å². The molecule has 0 radical (unpaired) electrons. The molecule has 0 bridgehead atoms. The topological polar surface area (TPSA) is 31.9 Å². The third-order valence-corrected chi connectivity index (χ3v) is 5.22. The van der Waals surface area contributed by atoms with E-state index in [4.69, 9.17) is 0 Å². The van der Waals surface area contributed by atoms with Crippen molar-refractivity contribution in [2.45, 2.75) is 19.4 Å². The van der Waals surface area contributed by atoms with Crippen LogP contribution in [-0.4, -0.2) is 34.5 Å². The van der Waals surface area contributed by atoms with Crippen molar-refractivity contribution in [2.24, 2.45) is 0 Å². The lowest BCUT2D eigenvalue weighted by Gasteiger charge is -2.29. The first-order valence-corrected chi connectivity index (χ1v) is 8.91. The second-order valence-electron chi connectivity index (χ2n) is 6.92. The number of hydrogen-bond acceptors (Lipinski definition) is 2. The highest BCUT2D eigenvalue weighted by Gasteiger charge is 2.22. The predicted molar refractivity (Wildman–Crippen MR) is 104 cm³/mol. The first-order chi connectivity index (χ1) is 12.6. The van der Waals surface area contributed by atoms with Crippen molar-refractivity contribution < 1.29 is 4.39 Å². The normalized spacial score (nSPS) is 18.0. The van der Waals surface area contributed by atoms with Crippen LogP contribution in [0.5, 0.6) is 0 Å². The molecule has 132 valence electrons. The van der Waals surface area contributed by atoms with E-state index < -0.39 is 0 Å². The summed E-state index contributed by atoms with van der Waals surface area (Å²) >= 11 is 0. The Kier molecular flexibility index (Phi) is 4.43. The Morgan fingerprint density at radius 1 is 1.08 bits per heavy atom. The van der Waals surface area contributed by atoms with Gasteiger partial charge in [-0.3, -0.25) is 9.88 Å². The molecule has 0 saturated heterocycles. The first-order valence-electron chi connectivity index (χ1n) is 8.91. The third-order valence-electron chi connectivity index (χ3n) is 5.22. The molecule has 0 saturated carbocycles. The zero-order chi connectivity index (χ0) is 18.1. The Balaban J connectivity index is 1.87. The maximum absolute atomic E-state index is 13.4. The Morgan fingerprint density at radius 2 is 1.81 bits per heavy atom. The second-order valence-corrected chi connectivity index (χ2v) is 6.92. The third kappa shape index (κ3) is 3.08. The van der Waals surface area contributed by atoms with Gasteiger partial charge in [-0.2, -0.15) is 0 Å². The van der Waals surface area contributed by atoms with Crippen LogP contribution in [0.15, 0.2) is 61.1 Å². The average Bonchev–Trinajstić information content (AvgIpc) is 3.10. The van der Waals surface area contributed by atoms with Crippen LogP contribution in [0.4, 0.5) is 4.39 Å². The molecule has 1 aliphatic rings. The van der Waals surface area contributed by atoms with Crippen molar-refractivity contribution in [1.82, 2.24) is 14.9 Å². The molecular formula is C22H22FN3. The Morgan fingerprint density at radius 3 is 2.50 bits per heavy atom. The second kappa shape index (κ2) is 6.89. The Hall–Kier alpha value is -2.72. The van der Waals surface area contributed by atoms with Gasteiger partial charge < -0.3 is 4.98 Å². The Labute approximate surface area is 153 Å². The van der Waals surface area contributed by atoms with Crippen molar-refractivity contribution in [3.63, 3.8) is 0 Å². The predicted octanol–water partition coefficient (Wildman–Crippen LogP) is 4.99. The fourth-order valence-corrected chi connectivity index (χ4v) is 3.55. The molecule has 0 spiro atoms. The minimum absolute atomic E-state index is 0.224. The van der Waals surface area contributed by atoms with E-state index in [0.29, 0.717) is 6.04 Å². The van der Waals surface area contributed by atoms with E-state index in [1.54, 1.807) is 0 Å². The van der Waals surface area contributed by atoms with Crippen LogP contribution in [0.25, 0.3) is 28.0 Å². The molecule has 3 heterocycles. The Bertz CT molecular complexity index is 926. The summed E-state index contributed by atoms with van der Waals surface area (Å²) in [5, 5.41) is 0. The number of nitrogens with one attached hydrogen (secondary N) is 1. The van der Waals surface area contributed by atoms with E-state index >= 15 is 0 Å². The number of hydrogen-bond donors (Lipinski definition) is 1. The van der Waals surface area contributed by atoms with Gasteiger partial charge in [0.25, 0.3) is 0 Å². The lowest BCUT2D eigenvalue weighted by atomic mass is 9.90. The number of H-pyrrole nitrogens is 1. The van der Waals surface area contributed by atoms with Crippen molar-refractivity contribution in [2.75, 3.05) is 13.6 Å². The number of rotatable bonds is 3. The number of aromatic nitrogens is 2. The van der Waals surface area contributed by atoms with E-state index in [9.17, 15) is 4.39 Å². The van der Waals surface area contributed by atoms with Gasteiger partial charge in [-0.25, -0.2) is 4.39 Å². The maximum Gasteiger partial charge on any atom is 0.123 e. The molecule has 26 heavy (non-hydrogen) atoms. The van der Waals surface area contributed by atoms with E-state index in [0.717, 1.165) is 35.3 Å². The highest BCUT2D eigenvalue weighted by molar-refractivity contribution is 5.91.